The minimum atomic E-state index is -0.282. The van der Waals surface area contributed by atoms with Crippen molar-refractivity contribution in [1.82, 2.24) is 5.32 Å². The highest BCUT2D eigenvalue weighted by molar-refractivity contribution is 9.10. The molecule has 2 aromatic rings. The van der Waals surface area contributed by atoms with Gasteiger partial charge in [-0.25, -0.2) is 0 Å². The second-order valence-corrected chi connectivity index (χ2v) is 8.30. The predicted octanol–water partition coefficient (Wildman–Crippen LogP) is 5.11. The number of carbonyl (C=O) groups excluding carboxylic acids is 1. The summed E-state index contributed by atoms with van der Waals surface area (Å²) in [5.41, 5.74) is 2.38. The highest BCUT2D eigenvalue weighted by Crippen LogP contribution is 2.38. The molecule has 3 N–H and O–H groups in total. The number of phenols is 1. The van der Waals surface area contributed by atoms with E-state index in [1.807, 2.05) is 26.0 Å². The lowest BCUT2D eigenvalue weighted by Crippen LogP contribution is -2.31. The zero-order valence-corrected chi connectivity index (χ0v) is 17.8. The van der Waals surface area contributed by atoms with Crippen molar-refractivity contribution in [2.45, 2.75) is 19.3 Å². The largest absolute Gasteiger partial charge is 0.503 e. The van der Waals surface area contributed by atoms with Crippen molar-refractivity contribution in [3.63, 3.8) is 0 Å². The number of ether oxygens (including phenoxy) is 1. The Kier molecular flexibility index (Phi) is 6.24. The molecule has 0 saturated carbocycles. The Morgan fingerprint density at radius 1 is 1.41 bits per heavy atom. The molecule has 1 amide bonds. The molecule has 3 rings (SSSR count). The third-order valence-corrected chi connectivity index (χ3v) is 5.72. The number of rotatable bonds is 5. The molecule has 142 valence electrons. The first-order valence-corrected chi connectivity index (χ1v) is 10.3. The molecule has 2 aromatic carbocycles. The number of carbonyl (C=O) groups is 1. The van der Waals surface area contributed by atoms with E-state index in [1.54, 1.807) is 24.3 Å². The fraction of sp³-hybridized carbons (Fsp3) is 0.211. The van der Waals surface area contributed by atoms with Gasteiger partial charge in [-0.2, -0.15) is 0 Å². The predicted molar refractivity (Wildman–Crippen MR) is 114 cm³/mol. The number of anilines is 1. The fourth-order valence-corrected chi connectivity index (χ4v) is 4.25. The van der Waals surface area contributed by atoms with Crippen LogP contribution in [0.15, 0.2) is 39.7 Å². The Morgan fingerprint density at radius 3 is 2.89 bits per heavy atom. The van der Waals surface area contributed by atoms with Crippen molar-refractivity contribution in [3.8, 4) is 11.5 Å². The maximum Gasteiger partial charge on any atom is 0.260 e. The van der Waals surface area contributed by atoms with Gasteiger partial charge in [0.2, 0.25) is 0 Å². The van der Waals surface area contributed by atoms with E-state index in [4.69, 9.17) is 16.3 Å². The summed E-state index contributed by atoms with van der Waals surface area (Å²) in [6.45, 7) is 4.23. The van der Waals surface area contributed by atoms with Gasteiger partial charge in [-0.05, 0) is 77.3 Å². The summed E-state index contributed by atoms with van der Waals surface area (Å²) in [4.78, 5) is 12.9. The lowest BCUT2D eigenvalue weighted by atomic mass is 10.2. The lowest BCUT2D eigenvalue weighted by Gasteiger charge is -2.15. The zero-order valence-electron chi connectivity index (χ0n) is 14.7. The molecule has 5 nitrogen and oxygen atoms in total. The first-order chi connectivity index (χ1) is 12.9. The summed E-state index contributed by atoms with van der Waals surface area (Å²) in [5, 5.41) is 16.9. The van der Waals surface area contributed by atoms with Gasteiger partial charge < -0.3 is 20.5 Å². The summed E-state index contributed by atoms with van der Waals surface area (Å²) < 4.78 is 5.94. The van der Waals surface area contributed by atoms with Crippen LogP contribution in [0, 0.1) is 6.92 Å². The molecule has 0 radical (unpaired) electrons. The molecule has 1 aliphatic rings. The van der Waals surface area contributed by atoms with Crippen molar-refractivity contribution >= 4 is 57.0 Å². The second kappa shape index (κ2) is 8.46. The third kappa shape index (κ3) is 4.72. The van der Waals surface area contributed by atoms with Crippen molar-refractivity contribution < 1.29 is 14.6 Å². The van der Waals surface area contributed by atoms with Crippen LogP contribution in [0.4, 0.5) is 5.69 Å². The number of thioether (sulfide) groups is 1. The number of benzene rings is 2. The third-order valence-electron chi connectivity index (χ3n) is 3.85. The maximum atomic E-state index is 12.3. The Hall–Kier alpha value is -1.83. The van der Waals surface area contributed by atoms with E-state index in [1.165, 1.54) is 11.8 Å². The molecule has 0 spiro atoms. The molecular weight excluding hydrogens is 452 g/mol. The van der Waals surface area contributed by atoms with Crippen LogP contribution in [0.25, 0.3) is 6.08 Å². The van der Waals surface area contributed by atoms with E-state index in [0.29, 0.717) is 26.8 Å². The van der Waals surface area contributed by atoms with E-state index in [2.05, 4.69) is 26.6 Å². The van der Waals surface area contributed by atoms with Gasteiger partial charge in [0, 0.05) is 10.7 Å². The number of phenolic OH excluding ortho intramolecular Hbond substituents is 1. The van der Waals surface area contributed by atoms with Crippen LogP contribution < -0.4 is 15.4 Å². The Balaban J connectivity index is 1.79. The van der Waals surface area contributed by atoms with E-state index in [9.17, 15) is 9.90 Å². The van der Waals surface area contributed by atoms with Gasteiger partial charge in [-0.3, -0.25) is 4.79 Å². The van der Waals surface area contributed by atoms with Gasteiger partial charge >= 0.3 is 0 Å². The van der Waals surface area contributed by atoms with Crippen molar-refractivity contribution in [2.24, 2.45) is 0 Å². The molecular formula is C19H18BrClN2O3S. The van der Waals surface area contributed by atoms with Gasteiger partial charge in [-0.15, -0.1) is 0 Å². The summed E-state index contributed by atoms with van der Waals surface area (Å²) in [7, 11) is 0. The van der Waals surface area contributed by atoms with Crippen LogP contribution in [0.2, 0.25) is 5.02 Å². The van der Waals surface area contributed by atoms with Gasteiger partial charge in [-0.1, -0.05) is 23.4 Å². The zero-order chi connectivity index (χ0) is 19.6. The van der Waals surface area contributed by atoms with Crippen LogP contribution in [-0.2, 0) is 4.79 Å². The molecule has 1 aliphatic heterocycles. The monoisotopic (exact) mass is 468 g/mol. The van der Waals surface area contributed by atoms with Crippen molar-refractivity contribution in [2.75, 3.05) is 11.9 Å². The van der Waals surface area contributed by atoms with E-state index in [-0.39, 0.29) is 17.2 Å². The molecule has 0 bridgehead atoms. The topological polar surface area (TPSA) is 70.6 Å². The van der Waals surface area contributed by atoms with Crippen molar-refractivity contribution in [1.29, 1.82) is 0 Å². The number of aromatic hydroxyl groups is 1. The molecule has 8 heteroatoms. The minimum Gasteiger partial charge on any atom is -0.503 e. The number of nitrogens with one attached hydrogen (secondary N) is 2. The van der Waals surface area contributed by atoms with Crippen molar-refractivity contribution in [3.05, 3.63) is 55.9 Å². The second-order valence-electron chi connectivity index (χ2n) is 5.87. The summed E-state index contributed by atoms with van der Waals surface area (Å²) in [6, 6.07) is 9.00. The van der Waals surface area contributed by atoms with Gasteiger partial charge in [0.15, 0.2) is 17.0 Å². The van der Waals surface area contributed by atoms with Crippen LogP contribution >= 0.6 is 39.3 Å². The number of aryl methyl sites for hydroxylation is 1. The number of hydrogen-bond acceptors (Lipinski definition) is 5. The minimum absolute atomic E-state index is 0.0419. The first-order valence-electron chi connectivity index (χ1n) is 8.24. The molecule has 1 unspecified atom stereocenters. The molecule has 1 atom stereocenters. The van der Waals surface area contributed by atoms with Gasteiger partial charge in [0.25, 0.3) is 5.91 Å². The quantitative estimate of drug-likeness (QED) is 0.531. The molecule has 0 aliphatic carbocycles. The highest BCUT2D eigenvalue weighted by atomic mass is 79.9. The smallest absolute Gasteiger partial charge is 0.260 e. The number of amides is 1. The van der Waals surface area contributed by atoms with Crippen LogP contribution in [0.1, 0.15) is 18.1 Å². The maximum absolute atomic E-state index is 12.3. The number of hydrogen-bond donors (Lipinski definition) is 3. The van der Waals surface area contributed by atoms with Crippen LogP contribution in [0.5, 0.6) is 11.5 Å². The molecule has 1 saturated heterocycles. The SMILES string of the molecule is CCOc1cc(/C=C2\SC(Nc3ccc(Cl)cc3C)NC2=O)cc(Br)c1O. The van der Waals surface area contributed by atoms with E-state index >= 15 is 0 Å². The normalized spacial score (nSPS) is 17.9. The highest BCUT2D eigenvalue weighted by Gasteiger charge is 2.27. The molecule has 1 fully saturated rings. The van der Waals surface area contributed by atoms with E-state index in [0.717, 1.165) is 16.8 Å². The van der Waals surface area contributed by atoms with Crippen LogP contribution in [-0.4, -0.2) is 23.1 Å². The lowest BCUT2D eigenvalue weighted by molar-refractivity contribution is -0.116. The summed E-state index contributed by atoms with van der Waals surface area (Å²) in [6.07, 6.45) is 1.77. The first kappa shape index (κ1) is 19.9. The van der Waals surface area contributed by atoms with E-state index < -0.39 is 0 Å². The molecule has 0 aromatic heterocycles. The Labute approximate surface area is 175 Å². The van der Waals surface area contributed by atoms with Gasteiger partial charge in [0.1, 0.15) is 0 Å². The average Bonchev–Trinajstić information content (AvgIpc) is 2.94. The van der Waals surface area contributed by atoms with Gasteiger partial charge in [0.05, 0.1) is 16.0 Å². The fourth-order valence-electron chi connectivity index (χ4n) is 2.59. The van der Waals surface area contributed by atoms with Crippen LogP contribution in [0.3, 0.4) is 0 Å². The number of halogens is 2. The molecule has 1 heterocycles. The average molecular weight is 470 g/mol. The Bertz CT molecular complexity index is 920. The standard InChI is InChI=1S/C19H18BrClN2O3S/c1-3-26-15-8-11(7-13(20)17(15)24)9-16-18(25)23-19(27-16)22-14-5-4-12(21)6-10(14)2/h4-9,19,22,24H,3H2,1-2H3,(H,23,25)/b16-9-. The molecule has 27 heavy (non-hydrogen) atoms. The summed E-state index contributed by atoms with van der Waals surface area (Å²) in [5.74, 6) is 0.250. The Morgan fingerprint density at radius 2 is 2.19 bits per heavy atom. The summed E-state index contributed by atoms with van der Waals surface area (Å²) >= 11 is 10.7.